The summed E-state index contributed by atoms with van der Waals surface area (Å²) in [7, 11) is 0. The van der Waals surface area contributed by atoms with Crippen LogP contribution in [0, 0.1) is 25.6 Å². The number of carbonyl (C=O) groups excluding carboxylic acids is 1. The van der Waals surface area contributed by atoms with E-state index in [9.17, 15) is 9.18 Å². The van der Waals surface area contributed by atoms with Gasteiger partial charge in [0.05, 0.1) is 11.6 Å². The van der Waals surface area contributed by atoms with Crippen LogP contribution in [0.3, 0.4) is 0 Å². The number of carbonyl (C=O) groups is 1. The van der Waals surface area contributed by atoms with E-state index in [1.165, 1.54) is 11.8 Å². The Balaban J connectivity index is 1.75. The summed E-state index contributed by atoms with van der Waals surface area (Å²) in [6.07, 6.45) is 3.46. The van der Waals surface area contributed by atoms with Crippen molar-refractivity contribution in [3.05, 3.63) is 47.3 Å². The van der Waals surface area contributed by atoms with E-state index in [0.717, 1.165) is 24.2 Å². The van der Waals surface area contributed by atoms with Gasteiger partial charge in [-0.2, -0.15) is 0 Å². The lowest BCUT2D eigenvalue weighted by Crippen LogP contribution is -2.31. The molecule has 0 saturated heterocycles. The van der Waals surface area contributed by atoms with Gasteiger partial charge in [0.25, 0.3) is 0 Å². The van der Waals surface area contributed by atoms with Gasteiger partial charge in [0.1, 0.15) is 11.6 Å². The molecular formula is C16H18FN3O. The highest BCUT2D eigenvalue weighted by atomic mass is 19.1. The van der Waals surface area contributed by atoms with E-state index in [4.69, 9.17) is 0 Å². The van der Waals surface area contributed by atoms with Crippen LogP contribution in [-0.4, -0.2) is 15.5 Å². The van der Waals surface area contributed by atoms with Gasteiger partial charge < -0.3 is 9.88 Å². The summed E-state index contributed by atoms with van der Waals surface area (Å²) in [5, 5.41) is 2.72. The number of aryl methyl sites for hydroxylation is 3. The zero-order valence-electron chi connectivity index (χ0n) is 12.2. The zero-order valence-corrected chi connectivity index (χ0v) is 12.2. The molecular weight excluding hydrogens is 269 g/mol. The summed E-state index contributed by atoms with van der Waals surface area (Å²) < 4.78 is 15.8. The number of hydrogen-bond donors (Lipinski definition) is 1. The lowest BCUT2D eigenvalue weighted by molar-refractivity contribution is -0.120. The number of amides is 1. The number of fused-ring (bicyclic) bond motifs is 1. The second-order valence-corrected chi connectivity index (χ2v) is 5.62. The van der Waals surface area contributed by atoms with E-state index in [-0.39, 0.29) is 17.5 Å². The summed E-state index contributed by atoms with van der Waals surface area (Å²) in [6, 6.07) is 4.72. The van der Waals surface area contributed by atoms with Crippen molar-refractivity contribution in [2.75, 3.05) is 5.32 Å². The van der Waals surface area contributed by atoms with Gasteiger partial charge in [0.2, 0.25) is 5.91 Å². The number of nitrogens with one attached hydrogen (secondary N) is 1. The van der Waals surface area contributed by atoms with Crippen LogP contribution in [0.25, 0.3) is 0 Å². The second kappa shape index (κ2) is 5.31. The van der Waals surface area contributed by atoms with Crippen LogP contribution in [0.1, 0.15) is 23.5 Å². The van der Waals surface area contributed by atoms with Crippen LogP contribution in [-0.2, 0) is 17.8 Å². The van der Waals surface area contributed by atoms with E-state index in [2.05, 4.69) is 14.9 Å². The highest BCUT2D eigenvalue weighted by Gasteiger charge is 2.26. The second-order valence-electron chi connectivity index (χ2n) is 5.62. The highest BCUT2D eigenvalue weighted by molar-refractivity contribution is 5.92. The molecule has 3 rings (SSSR count). The van der Waals surface area contributed by atoms with Crippen LogP contribution in [0.5, 0.6) is 0 Å². The van der Waals surface area contributed by atoms with Crippen molar-refractivity contribution in [3.63, 3.8) is 0 Å². The first kappa shape index (κ1) is 13.8. The van der Waals surface area contributed by atoms with Crippen LogP contribution in [0.15, 0.2) is 24.4 Å². The Morgan fingerprint density at radius 2 is 2.24 bits per heavy atom. The van der Waals surface area contributed by atoms with Gasteiger partial charge >= 0.3 is 0 Å². The van der Waals surface area contributed by atoms with Crippen LogP contribution in [0.2, 0.25) is 0 Å². The van der Waals surface area contributed by atoms with Gasteiger partial charge in [0.15, 0.2) is 0 Å². The molecule has 21 heavy (non-hydrogen) atoms. The maximum atomic E-state index is 13.7. The highest BCUT2D eigenvalue weighted by Crippen LogP contribution is 2.24. The summed E-state index contributed by atoms with van der Waals surface area (Å²) in [5.74, 6) is 0.247. The van der Waals surface area contributed by atoms with E-state index < -0.39 is 5.82 Å². The van der Waals surface area contributed by atoms with E-state index in [0.29, 0.717) is 6.54 Å². The van der Waals surface area contributed by atoms with Gasteiger partial charge in [-0.05, 0) is 44.4 Å². The molecule has 1 aromatic carbocycles. The molecule has 4 nitrogen and oxygen atoms in total. The first-order valence-corrected chi connectivity index (χ1v) is 7.12. The van der Waals surface area contributed by atoms with Crippen LogP contribution >= 0.6 is 0 Å². The fraction of sp³-hybridized carbons (Fsp3) is 0.375. The van der Waals surface area contributed by atoms with E-state index in [1.807, 2.05) is 20.0 Å². The standard InChI is InChI=1S/C16H18FN3O/c1-10-3-6-14(17)15(7-10)19-16(21)12-4-5-13-8-18-11(2)20(13)9-12/h3,6-8,12H,4-5,9H2,1-2H3,(H,19,21)/t12-/m1/s1. The maximum absolute atomic E-state index is 13.7. The number of nitrogens with zero attached hydrogens (tertiary/aromatic N) is 2. The fourth-order valence-corrected chi connectivity index (χ4v) is 2.78. The van der Waals surface area contributed by atoms with Crippen molar-refractivity contribution in [1.82, 2.24) is 9.55 Å². The molecule has 1 amide bonds. The molecule has 1 aliphatic heterocycles. The molecule has 0 spiro atoms. The Morgan fingerprint density at radius 3 is 3.05 bits per heavy atom. The van der Waals surface area contributed by atoms with Crippen molar-refractivity contribution in [3.8, 4) is 0 Å². The Bertz CT molecular complexity index is 693. The fourth-order valence-electron chi connectivity index (χ4n) is 2.78. The quantitative estimate of drug-likeness (QED) is 0.923. The lowest BCUT2D eigenvalue weighted by atomic mass is 9.97. The van der Waals surface area contributed by atoms with E-state index >= 15 is 0 Å². The Morgan fingerprint density at radius 1 is 1.43 bits per heavy atom. The van der Waals surface area contributed by atoms with Gasteiger partial charge in [-0.3, -0.25) is 4.79 Å². The molecule has 0 aliphatic carbocycles. The van der Waals surface area contributed by atoms with Crippen molar-refractivity contribution in [2.45, 2.75) is 33.2 Å². The Labute approximate surface area is 123 Å². The monoisotopic (exact) mass is 287 g/mol. The van der Waals surface area contributed by atoms with Crippen molar-refractivity contribution in [1.29, 1.82) is 0 Å². The number of rotatable bonds is 2. The average molecular weight is 287 g/mol. The minimum atomic E-state index is -0.399. The first-order valence-electron chi connectivity index (χ1n) is 7.12. The molecule has 1 aromatic heterocycles. The third kappa shape index (κ3) is 2.68. The van der Waals surface area contributed by atoms with Crippen molar-refractivity contribution in [2.24, 2.45) is 5.92 Å². The van der Waals surface area contributed by atoms with Crippen molar-refractivity contribution >= 4 is 11.6 Å². The molecule has 2 heterocycles. The largest absolute Gasteiger partial charge is 0.331 e. The SMILES string of the molecule is Cc1ccc(F)c(NC(=O)[C@@H]2CCc3cnc(C)n3C2)c1. The van der Waals surface area contributed by atoms with Crippen LogP contribution < -0.4 is 5.32 Å². The summed E-state index contributed by atoms with van der Waals surface area (Å²) in [5.41, 5.74) is 2.34. The molecule has 0 fully saturated rings. The normalized spacial score (nSPS) is 17.4. The van der Waals surface area contributed by atoms with Crippen molar-refractivity contribution < 1.29 is 9.18 Å². The van der Waals surface area contributed by atoms with Gasteiger partial charge in [-0.15, -0.1) is 0 Å². The first-order chi connectivity index (χ1) is 10.0. The number of hydrogen-bond acceptors (Lipinski definition) is 2. The summed E-state index contributed by atoms with van der Waals surface area (Å²) in [4.78, 5) is 16.6. The van der Waals surface area contributed by atoms with Gasteiger partial charge in [-0.25, -0.2) is 9.37 Å². The molecule has 1 aliphatic rings. The predicted molar refractivity (Wildman–Crippen MR) is 78.5 cm³/mol. The van der Waals surface area contributed by atoms with Gasteiger partial charge in [-0.1, -0.05) is 6.07 Å². The lowest BCUT2D eigenvalue weighted by Gasteiger charge is -2.24. The molecule has 0 bridgehead atoms. The van der Waals surface area contributed by atoms with Gasteiger partial charge in [0, 0.05) is 18.4 Å². The average Bonchev–Trinajstić information content (AvgIpc) is 2.84. The number of imidazole rings is 1. The molecule has 0 radical (unpaired) electrons. The number of benzene rings is 1. The maximum Gasteiger partial charge on any atom is 0.229 e. The third-order valence-electron chi connectivity index (χ3n) is 4.04. The minimum absolute atomic E-state index is 0.127. The number of halogens is 1. The molecule has 110 valence electrons. The third-order valence-corrected chi connectivity index (χ3v) is 4.04. The minimum Gasteiger partial charge on any atom is -0.331 e. The molecule has 0 saturated carbocycles. The molecule has 1 atom stereocenters. The Kier molecular flexibility index (Phi) is 3.49. The number of aromatic nitrogens is 2. The molecule has 0 unspecified atom stereocenters. The smallest absolute Gasteiger partial charge is 0.229 e. The molecule has 5 heteroatoms. The van der Waals surface area contributed by atoms with E-state index in [1.54, 1.807) is 12.1 Å². The summed E-state index contributed by atoms with van der Waals surface area (Å²) >= 11 is 0. The predicted octanol–water partition coefficient (Wildman–Crippen LogP) is 2.84. The molecule has 2 aromatic rings. The summed E-state index contributed by atoms with van der Waals surface area (Å²) in [6.45, 7) is 4.42. The number of anilines is 1. The topological polar surface area (TPSA) is 46.9 Å². The Hall–Kier alpha value is -2.17. The van der Waals surface area contributed by atoms with Crippen LogP contribution in [0.4, 0.5) is 10.1 Å². The zero-order chi connectivity index (χ0) is 15.0. The molecule has 1 N–H and O–H groups in total.